The minimum atomic E-state index is -0.134. The second-order valence-corrected chi connectivity index (χ2v) is 15.1. The van der Waals surface area contributed by atoms with Crippen LogP contribution in [-0.4, -0.2) is 52.1 Å². The Morgan fingerprint density at radius 1 is 1.05 bits per heavy atom. The van der Waals surface area contributed by atoms with Crippen molar-refractivity contribution in [1.29, 1.82) is 0 Å². The van der Waals surface area contributed by atoms with Crippen molar-refractivity contribution in [3.8, 4) is 5.75 Å². The van der Waals surface area contributed by atoms with Crippen molar-refractivity contribution < 1.29 is 14.7 Å². The molecule has 2 aromatic rings. The smallest absolute Gasteiger partial charge is 0.241 e. The van der Waals surface area contributed by atoms with Crippen LogP contribution >= 0.6 is 11.8 Å². The van der Waals surface area contributed by atoms with Gasteiger partial charge >= 0.3 is 0 Å². The number of carbonyl (C=O) groups is 2. The van der Waals surface area contributed by atoms with E-state index in [9.17, 15) is 14.7 Å². The molecule has 2 amide bonds. The fourth-order valence-corrected chi connectivity index (χ4v) is 6.76. The lowest BCUT2D eigenvalue weighted by atomic mass is 9.78. The number of benzene rings is 2. The van der Waals surface area contributed by atoms with Gasteiger partial charge in [0.15, 0.2) is 0 Å². The number of nitrogens with one attached hydrogen (secondary N) is 2. The Labute approximate surface area is 258 Å². The lowest BCUT2D eigenvalue weighted by molar-refractivity contribution is -0.122. The summed E-state index contributed by atoms with van der Waals surface area (Å²) >= 11 is 1.65. The van der Waals surface area contributed by atoms with Gasteiger partial charge in [0.25, 0.3) is 0 Å². The van der Waals surface area contributed by atoms with Crippen LogP contribution in [0.2, 0.25) is 0 Å². The van der Waals surface area contributed by atoms with E-state index in [0.29, 0.717) is 18.0 Å². The highest BCUT2D eigenvalue weighted by atomic mass is 32.2. The molecule has 2 heterocycles. The van der Waals surface area contributed by atoms with Gasteiger partial charge in [0.05, 0.1) is 17.2 Å². The van der Waals surface area contributed by atoms with E-state index in [1.165, 1.54) is 6.42 Å². The van der Waals surface area contributed by atoms with Crippen LogP contribution in [0.15, 0.2) is 30.3 Å². The molecule has 0 aromatic heterocycles. The zero-order valence-electron chi connectivity index (χ0n) is 27.3. The number of hydrogen-bond donors (Lipinski definition) is 3. The molecule has 2 aromatic carbocycles. The van der Waals surface area contributed by atoms with E-state index in [2.05, 4.69) is 76.1 Å². The van der Waals surface area contributed by atoms with E-state index in [1.54, 1.807) is 11.8 Å². The maximum absolute atomic E-state index is 12.6. The number of aryl methyl sites for hydroxylation is 2. The van der Waals surface area contributed by atoms with Gasteiger partial charge in [-0.2, -0.15) is 0 Å². The van der Waals surface area contributed by atoms with E-state index in [1.807, 2.05) is 32.0 Å². The average Bonchev–Trinajstić information content (AvgIpc) is 3.30. The summed E-state index contributed by atoms with van der Waals surface area (Å²) < 4.78 is 0. The van der Waals surface area contributed by atoms with Crippen molar-refractivity contribution in [3.63, 3.8) is 0 Å². The molecule has 7 heteroatoms. The van der Waals surface area contributed by atoms with Crippen LogP contribution in [0.1, 0.15) is 102 Å². The van der Waals surface area contributed by atoms with Crippen molar-refractivity contribution in [2.24, 2.45) is 0 Å². The van der Waals surface area contributed by atoms with Crippen molar-refractivity contribution in [3.05, 3.63) is 58.1 Å². The average molecular weight is 596 g/mol. The predicted octanol–water partition coefficient (Wildman–Crippen LogP) is 7.23. The number of amides is 2. The van der Waals surface area contributed by atoms with Crippen molar-refractivity contribution >= 4 is 29.3 Å². The van der Waals surface area contributed by atoms with E-state index in [-0.39, 0.29) is 33.9 Å². The van der Waals surface area contributed by atoms with Crippen molar-refractivity contribution in [1.82, 2.24) is 10.2 Å². The number of hydrogen-bond acceptors (Lipinski definition) is 5. The van der Waals surface area contributed by atoms with Crippen LogP contribution in [-0.2, 0) is 26.8 Å². The third-order valence-electron chi connectivity index (χ3n) is 8.19. The molecule has 0 aliphatic carbocycles. The van der Waals surface area contributed by atoms with Gasteiger partial charge in [0, 0.05) is 5.69 Å². The third-order valence-corrected chi connectivity index (χ3v) is 9.28. The largest absolute Gasteiger partial charge is 0.507 e. The number of likely N-dealkylation sites (tertiary alicyclic amines) is 1. The van der Waals surface area contributed by atoms with Gasteiger partial charge < -0.3 is 15.7 Å². The standard InChI is InChI=1S/C18H27NO2S.C17H26N2O/c1-17(2,3)12-7-11(9-14-16(21)19-10-22-14)8-13(15(12)20)18(4,5)6;1-4-11-19-12-6-5-10-15(19)17(20)18-16-13(2)8-7-9-14(16)3/h7-8,14,20H,9-10H2,1-6H3,(H,19,21);7-9,15H,4-6,10-12H2,1-3H3,(H,18,20)/t;15-/m.0/s1. The first kappa shape index (κ1) is 34.0. The Hall–Kier alpha value is -2.51. The highest BCUT2D eigenvalue weighted by Gasteiger charge is 2.30. The van der Waals surface area contributed by atoms with E-state index in [4.69, 9.17) is 0 Å². The maximum Gasteiger partial charge on any atom is 0.241 e. The van der Waals surface area contributed by atoms with Gasteiger partial charge in [-0.05, 0) is 91.3 Å². The van der Waals surface area contributed by atoms with Gasteiger partial charge in [0.2, 0.25) is 11.8 Å². The molecule has 2 saturated heterocycles. The normalized spacial score (nSPS) is 19.6. The summed E-state index contributed by atoms with van der Waals surface area (Å²) in [5.74, 6) is 1.37. The molecule has 0 spiro atoms. The topological polar surface area (TPSA) is 81.7 Å². The Balaban J connectivity index is 0.000000231. The van der Waals surface area contributed by atoms with Crippen LogP contribution < -0.4 is 10.6 Å². The number of thioether (sulfide) groups is 1. The van der Waals surface area contributed by atoms with Crippen LogP contribution in [0.4, 0.5) is 5.69 Å². The van der Waals surface area contributed by atoms with E-state index >= 15 is 0 Å². The number of nitrogens with zero attached hydrogens (tertiary/aromatic N) is 1. The molecule has 2 aliphatic heterocycles. The van der Waals surface area contributed by atoms with Crippen molar-refractivity contribution in [2.75, 3.05) is 24.3 Å². The number of phenolic OH excluding ortho intramolecular Hbond substituents is 1. The number of anilines is 1. The van der Waals surface area contributed by atoms with Crippen molar-refractivity contribution in [2.45, 2.75) is 117 Å². The molecule has 6 nitrogen and oxygen atoms in total. The first-order chi connectivity index (χ1) is 19.6. The summed E-state index contributed by atoms with van der Waals surface area (Å²) in [7, 11) is 0. The summed E-state index contributed by atoms with van der Waals surface area (Å²) in [6.45, 7) is 21.0. The first-order valence-corrected chi connectivity index (χ1v) is 16.6. The summed E-state index contributed by atoms with van der Waals surface area (Å²) in [4.78, 5) is 26.8. The van der Waals surface area contributed by atoms with Crippen LogP contribution in [0.25, 0.3) is 0 Å². The van der Waals surface area contributed by atoms with Crippen LogP contribution in [0.3, 0.4) is 0 Å². The predicted molar refractivity (Wildman–Crippen MR) is 178 cm³/mol. The summed E-state index contributed by atoms with van der Waals surface area (Å²) in [6.07, 6.45) is 5.17. The molecular formula is C35H53N3O3S. The fraction of sp³-hybridized carbons (Fsp3) is 0.600. The second-order valence-electron chi connectivity index (χ2n) is 13.9. The molecule has 4 rings (SSSR count). The van der Waals surface area contributed by atoms with Gasteiger partial charge in [0.1, 0.15) is 5.75 Å². The third kappa shape index (κ3) is 8.76. The maximum atomic E-state index is 12.6. The number of carbonyl (C=O) groups excluding carboxylic acids is 2. The molecule has 0 radical (unpaired) electrons. The van der Waals surface area contributed by atoms with E-state index in [0.717, 1.165) is 65.9 Å². The highest BCUT2D eigenvalue weighted by Crippen LogP contribution is 2.40. The molecule has 42 heavy (non-hydrogen) atoms. The zero-order valence-corrected chi connectivity index (χ0v) is 28.1. The molecule has 2 aliphatic rings. The lowest BCUT2D eigenvalue weighted by Gasteiger charge is -2.34. The van der Waals surface area contributed by atoms with E-state index < -0.39 is 0 Å². The minimum Gasteiger partial charge on any atom is -0.507 e. The minimum absolute atomic E-state index is 0.0230. The Morgan fingerprint density at radius 3 is 2.14 bits per heavy atom. The quantitative estimate of drug-likeness (QED) is 0.328. The molecule has 232 valence electrons. The van der Waals surface area contributed by atoms with Crippen LogP contribution in [0.5, 0.6) is 5.75 Å². The Morgan fingerprint density at radius 2 is 1.64 bits per heavy atom. The monoisotopic (exact) mass is 595 g/mol. The molecule has 2 fully saturated rings. The van der Waals surface area contributed by atoms with Gasteiger partial charge in [-0.15, -0.1) is 11.8 Å². The molecule has 1 unspecified atom stereocenters. The zero-order chi connectivity index (χ0) is 31.2. The molecular weight excluding hydrogens is 542 g/mol. The first-order valence-electron chi connectivity index (χ1n) is 15.5. The van der Waals surface area contributed by atoms with Crippen LogP contribution in [0, 0.1) is 13.8 Å². The lowest BCUT2D eigenvalue weighted by Crippen LogP contribution is -2.47. The number of rotatable bonds is 6. The number of aromatic hydroxyl groups is 1. The van der Waals surface area contributed by atoms with Gasteiger partial charge in [-0.3, -0.25) is 14.5 Å². The van der Waals surface area contributed by atoms with Gasteiger partial charge in [-0.1, -0.05) is 85.2 Å². The summed E-state index contributed by atoms with van der Waals surface area (Å²) in [5.41, 5.74) is 6.03. The number of phenols is 1. The Kier molecular flexibility index (Phi) is 11.6. The Bertz CT molecular complexity index is 1190. The SMILES string of the molecule is CC(C)(C)c1cc(CC2SCNC2=O)cc(C(C)(C)C)c1O.CCCN1CCCC[C@H]1C(=O)Nc1c(C)cccc1C. The molecule has 0 saturated carbocycles. The summed E-state index contributed by atoms with van der Waals surface area (Å²) in [5, 5.41) is 16.7. The fourth-order valence-electron chi connectivity index (χ4n) is 5.79. The molecule has 0 bridgehead atoms. The number of para-hydroxylation sites is 1. The highest BCUT2D eigenvalue weighted by molar-refractivity contribution is 8.01. The molecule has 3 N–H and O–H groups in total. The number of piperidine rings is 1. The summed E-state index contributed by atoms with van der Waals surface area (Å²) in [6, 6.07) is 10.3. The molecule has 2 atom stereocenters. The van der Waals surface area contributed by atoms with Gasteiger partial charge in [-0.25, -0.2) is 0 Å². The second kappa shape index (κ2) is 14.3.